The van der Waals surface area contributed by atoms with Gasteiger partial charge in [0.2, 0.25) is 5.60 Å². The molecule has 0 aliphatic carbocycles. The third kappa shape index (κ3) is 7.32. The van der Waals surface area contributed by atoms with E-state index in [2.05, 4.69) is 15.2 Å². The summed E-state index contributed by atoms with van der Waals surface area (Å²) in [5.41, 5.74) is -3.20. The van der Waals surface area contributed by atoms with Crippen LogP contribution < -0.4 is 19.1 Å². The zero-order chi connectivity index (χ0) is 31.6. The summed E-state index contributed by atoms with van der Waals surface area (Å²) in [5, 5.41) is 15.2. The summed E-state index contributed by atoms with van der Waals surface area (Å²) < 4.78 is 110. The number of hydrogen-bond donors (Lipinski definition) is 2. The van der Waals surface area contributed by atoms with E-state index in [0.29, 0.717) is 18.5 Å². The number of sulfonamides is 1. The van der Waals surface area contributed by atoms with Crippen molar-refractivity contribution in [3.63, 3.8) is 0 Å². The fourth-order valence-corrected chi connectivity index (χ4v) is 5.40. The van der Waals surface area contributed by atoms with Crippen molar-refractivity contribution in [2.75, 3.05) is 22.8 Å². The Kier molecular flexibility index (Phi) is 9.48. The maximum atomic E-state index is 13.9. The number of carbonyl (C=O) groups excluding carboxylic acids is 1. The van der Waals surface area contributed by atoms with Crippen LogP contribution in [0, 0.1) is 5.92 Å². The summed E-state index contributed by atoms with van der Waals surface area (Å²) in [6.07, 6.45) is -9.48. The second-order valence-electron chi connectivity index (χ2n) is 9.80. The van der Waals surface area contributed by atoms with E-state index in [9.17, 15) is 45.1 Å². The number of hydrogen-bond acceptors (Lipinski definition) is 8. The smallest absolute Gasteiger partial charge is 0.427 e. The Morgan fingerprint density at radius 2 is 1.93 bits per heavy atom. The van der Waals surface area contributed by atoms with Gasteiger partial charge in [0.1, 0.15) is 18.4 Å². The van der Waals surface area contributed by atoms with Gasteiger partial charge in [0.25, 0.3) is 22.3 Å². The summed E-state index contributed by atoms with van der Waals surface area (Å²) in [7, 11) is -4.67. The van der Waals surface area contributed by atoms with E-state index in [1.165, 1.54) is 26.0 Å². The quantitative estimate of drug-likeness (QED) is 0.343. The molecule has 0 saturated heterocycles. The second kappa shape index (κ2) is 12.2. The lowest BCUT2D eigenvalue weighted by Gasteiger charge is -2.36. The first-order valence-corrected chi connectivity index (χ1v) is 13.9. The number of anilines is 2. The highest BCUT2D eigenvalue weighted by molar-refractivity contribution is 7.93. The molecule has 42 heavy (non-hydrogen) atoms. The Balaban J connectivity index is 2.05. The third-order valence-corrected chi connectivity index (χ3v) is 7.84. The van der Waals surface area contributed by atoms with Gasteiger partial charge in [-0.2, -0.15) is 13.2 Å². The Labute approximate surface area is 237 Å². The minimum absolute atomic E-state index is 0.0584. The van der Waals surface area contributed by atoms with Crippen molar-refractivity contribution in [1.82, 2.24) is 9.78 Å². The number of benzene rings is 1. The SMILES string of the molecule is CCOc1nn(CC(F)F)cc1S(=O)(=O)N1C[C@H](C[C@H](C)C(=O)O)Oc2ccc(NC(=O)OC(C)(C)C(F)(F)F)cc21. The lowest BCUT2D eigenvalue weighted by molar-refractivity contribution is -0.242. The van der Waals surface area contributed by atoms with Crippen molar-refractivity contribution < 1.29 is 59.3 Å². The number of fused-ring (bicyclic) bond motifs is 1. The van der Waals surface area contributed by atoms with Crippen LogP contribution in [0.1, 0.15) is 34.1 Å². The van der Waals surface area contributed by atoms with Crippen LogP contribution in [0.3, 0.4) is 0 Å². The number of nitrogens with one attached hydrogen (secondary N) is 1. The van der Waals surface area contributed by atoms with E-state index in [0.717, 1.165) is 16.6 Å². The van der Waals surface area contributed by atoms with Crippen LogP contribution in [0.5, 0.6) is 11.6 Å². The average molecular weight is 629 g/mol. The number of carboxylic acids is 1. The minimum Gasteiger partial charge on any atom is -0.486 e. The molecule has 0 radical (unpaired) electrons. The van der Waals surface area contributed by atoms with Crippen LogP contribution in [-0.4, -0.2) is 72.8 Å². The Morgan fingerprint density at radius 3 is 2.50 bits per heavy atom. The molecule has 0 fully saturated rings. The largest absolute Gasteiger partial charge is 0.486 e. The molecule has 3 rings (SSSR count). The average Bonchev–Trinajstić information content (AvgIpc) is 3.25. The molecule has 2 aromatic rings. The molecule has 1 aliphatic heterocycles. The van der Waals surface area contributed by atoms with Crippen LogP contribution in [0.25, 0.3) is 0 Å². The predicted molar refractivity (Wildman–Crippen MR) is 136 cm³/mol. The number of aromatic nitrogens is 2. The number of alkyl halides is 5. The zero-order valence-electron chi connectivity index (χ0n) is 22.8. The highest BCUT2D eigenvalue weighted by atomic mass is 32.2. The number of rotatable bonds is 11. The van der Waals surface area contributed by atoms with Gasteiger partial charge < -0.3 is 19.3 Å². The molecule has 1 aromatic heterocycles. The van der Waals surface area contributed by atoms with Gasteiger partial charge in [0, 0.05) is 11.9 Å². The van der Waals surface area contributed by atoms with Gasteiger partial charge in [0.15, 0.2) is 4.90 Å². The van der Waals surface area contributed by atoms with Gasteiger partial charge in [-0.1, -0.05) is 6.92 Å². The molecular weight excluding hydrogens is 599 g/mol. The van der Waals surface area contributed by atoms with E-state index < -0.39 is 76.2 Å². The van der Waals surface area contributed by atoms with Crippen LogP contribution in [0.4, 0.5) is 38.1 Å². The highest BCUT2D eigenvalue weighted by Gasteiger charge is 2.51. The fraction of sp³-hybridized carbons (Fsp3) is 0.542. The van der Waals surface area contributed by atoms with Crippen molar-refractivity contribution in [1.29, 1.82) is 0 Å². The fourth-order valence-electron chi connectivity index (χ4n) is 3.82. The van der Waals surface area contributed by atoms with Gasteiger partial charge in [-0.05, 0) is 45.4 Å². The van der Waals surface area contributed by atoms with Gasteiger partial charge in [-0.15, -0.1) is 5.10 Å². The maximum Gasteiger partial charge on any atom is 0.427 e. The van der Waals surface area contributed by atoms with Crippen molar-refractivity contribution in [2.45, 2.75) is 69.9 Å². The summed E-state index contributed by atoms with van der Waals surface area (Å²) in [6, 6.07) is 3.53. The van der Waals surface area contributed by atoms with Gasteiger partial charge in [-0.3, -0.25) is 19.1 Å². The normalized spacial score (nSPS) is 16.4. The molecule has 1 amide bonds. The maximum absolute atomic E-state index is 13.9. The lowest BCUT2D eigenvalue weighted by Crippen LogP contribution is -2.45. The zero-order valence-corrected chi connectivity index (χ0v) is 23.6. The van der Waals surface area contributed by atoms with Crippen molar-refractivity contribution >= 4 is 33.5 Å². The molecule has 12 nitrogen and oxygen atoms in total. The van der Waals surface area contributed by atoms with Crippen LogP contribution >= 0.6 is 0 Å². The number of halogens is 5. The number of carboxylic acid groups (broad SMARTS) is 1. The van der Waals surface area contributed by atoms with Gasteiger partial charge in [0.05, 0.1) is 24.8 Å². The third-order valence-electron chi connectivity index (χ3n) is 6.08. The summed E-state index contributed by atoms with van der Waals surface area (Å²) in [5.74, 6) is -2.64. The van der Waals surface area contributed by atoms with E-state index in [1.807, 2.05) is 0 Å². The molecule has 0 saturated carbocycles. The molecule has 2 heterocycles. The summed E-state index contributed by atoms with van der Waals surface area (Å²) in [6.45, 7) is 2.76. The van der Waals surface area contributed by atoms with Crippen LogP contribution in [-0.2, 0) is 26.1 Å². The molecule has 18 heteroatoms. The number of nitrogens with zero attached hydrogens (tertiary/aromatic N) is 3. The van der Waals surface area contributed by atoms with Crippen molar-refractivity contribution in [3.05, 3.63) is 24.4 Å². The van der Waals surface area contributed by atoms with Gasteiger partial charge in [-0.25, -0.2) is 22.0 Å². The molecular formula is C24H29F5N4O8S. The molecule has 0 bridgehead atoms. The number of carbonyl (C=O) groups is 2. The second-order valence-corrected chi connectivity index (χ2v) is 11.6. The molecule has 234 valence electrons. The molecule has 1 aliphatic rings. The first kappa shape index (κ1) is 32.7. The monoisotopic (exact) mass is 628 g/mol. The number of amides is 1. The number of aliphatic carboxylic acids is 1. The Bertz CT molecular complexity index is 1410. The first-order chi connectivity index (χ1) is 19.4. The van der Waals surface area contributed by atoms with Crippen LogP contribution in [0.2, 0.25) is 0 Å². The minimum atomic E-state index is -4.88. The summed E-state index contributed by atoms with van der Waals surface area (Å²) in [4.78, 5) is 23.1. The van der Waals surface area contributed by atoms with E-state index in [4.69, 9.17) is 9.47 Å². The van der Waals surface area contributed by atoms with E-state index in [1.54, 1.807) is 0 Å². The molecule has 2 N–H and O–H groups in total. The molecule has 0 unspecified atom stereocenters. The highest BCUT2D eigenvalue weighted by Crippen LogP contribution is 2.41. The Hall–Kier alpha value is -3.83. The van der Waals surface area contributed by atoms with Crippen LogP contribution in [0.15, 0.2) is 29.3 Å². The predicted octanol–water partition coefficient (Wildman–Crippen LogP) is 4.50. The molecule has 2 atom stereocenters. The number of ether oxygens (including phenoxy) is 3. The van der Waals surface area contributed by atoms with E-state index in [-0.39, 0.29) is 30.2 Å². The summed E-state index contributed by atoms with van der Waals surface area (Å²) >= 11 is 0. The lowest BCUT2D eigenvalue weighted by atomic mass is 10.0. The van der Waals surface area contributed by atoms with Gasteiger partial charge >= 0.3 is 18.2 Å². The Morgan fingerprint density at radius 1 is 1.26 bits per heavy atom. The topological polar surface area (TPSA) is 149 Å². The molecule has 0 spiro atoms. The molecule has 1 aromatic carbocycles. The van der Waals surface area contributed by atoms with E-state index >= 15 is 0 Å². The standard InChI is InChI=1S/C24H29F5N4O8S/c1-5-39-20-18(11-32(31-20)12-19(25)26)42(37,38)33-10-15(8-13(2)21(34)35)40-17-7-6-14(9-16(17)33)30-22(36)41-23(3,4)24(27,28)29/h6-7,9,11,13,15,19H,5,8,10,12H2,1-4H3,(H,30,36)(H,34,35)/t13-,15-/m0/s1. The van der Waals surface area contributed by atoms with Crippen molar-refractivity contribution in [3.8, 4) is 11.6 Å². The van der Waals surface area contributed by atoms with Crippen molar-refractivity contribution in [2.24, 2.45) is 5.92 Å². The first-order valence-electron chi connectivity index (χ1n) is 12.5.